The van der Waals surface area contributed by atoms with Gasteiger partial charge in [-0.1, -0.05) is 26.0 Å². The van der Waals surface area contributed by atoms with E-state index in [9.17, 15) is 23.3 Å². The molecule has 0 saturated heterocycles. The maximum atomic E-state index is 12.4. The summed E-state index contributed by atoms with van der Waals surface area (Å²) in [6, 6.07) is 5.11. The largest absolute Gasteiger partial charge is 0.444 e. The van der Waals surface area contributed by atoms with Crippen LogP contribution in [0.3, 0.4) is 0 Å². The third-order valence-corrected chi connectivity index (χ3v) is 4.65. The number of nitrogens with zero attached hydrogens (tertiary/aromatic N) is 1. The summed E-state index contributed by atoms with van der Waals surface area (Å²) in [6.07, 6.45) is -0.605. The molecule has 0 aromatic heterocycles. The summed E-state index contributed by atoms with van der Waals surface area (Å²) < 4.78 is 32.3. The number of rotatable bonds is 7. The average Bonchev–Trinajstić information content (AvgIpc) is 2.50. The van der Waals surface area contributed by atoms with Crippen LogP contribution in [0.2, 0.25) is 0 Å². The Morgan fingerprint density at radius 2 is 1.73 bits per heavy atom. The fraction of sp³-hybridized carbons (Fsp3) is 0.562. The van der Waals surface area contributed by atoms with E-state index in [1.54, 1.807) is 34.6 Å². The first-order valence-electron chi connectivity index (χ1n) is 7.93. The number of para-hydroxylation sites is 1. The topological polar surface area (TPSA) is 128 Å². The Hall–Kier alpha value is -2.20. The monoisotopic (exact) mass is 387 g/mol. The van der Waals surface area contributed by atoms with Gasteiger partial charge in [-0.3, -0.25) is 10.1 Å². The molecule has 0 aliphatic carbocycles. The lowest BCUT2D eigenvalue weighted by atomic mass is 9.94. The fourth-order valence-corrected chi connectivity index (χ4v) is 3.30. The SMILES string of the molecule is CC(C)(CNC(=O)OC(C)(C)C)CNS(=O)(=O)c1ccccc1[N+](=O)[O-]. The third-order valence-electron chi connectivity index (χ3n) is 3.20. The standard InChI is InChI=1S/C16H25N3O6S/c1-15(2,3)25-14(20)17-10-16(4,5)11-18-26(23,24)13-9-7-6-8-12(13)19(21)22/h6-9,18H,10-11H2,1-5H3,(H,17,20). The van der Waals surface area contributed by atoms with Crippen molar-refractivity contribution < 1.29 is 22.9 Å². The molecule has 0 atom stereocenters. The highest BCUT2D eigenvalue weighted by Gasteiger charge is 2.28. The second-order valence-corrected chi connectivity index (χ2v) is 9.30. The van der Waals surface area contributed by atoms with E-state index in [2.05, 4.69) is 10.0 Å². The van der Waals surface area contributed by atoms with E-state index in [4.69, 9.17) is 4.74 Å². The van der Waals surface area contributed by atoms with Gasteiger partial charge in [-0.05, 0) is 32.3 Å². The van der Waals surface area contributed by atoms with Crippen molar-refractivity contribution in [2.45, 2.75) is 45.1 Å². The van der Waals surface area contributed by atoms with E-state index < -0.39 is 42.6 Å². The summed E-state index contributed by atoms with van der Waals surface area (Å²) in [7, 11) is -4.07. The predicted octanol–water partition coefficient (Wildman–Crippen LogP) is 2.42. The minimum absolute atomic E-state index is 0.0306. The molecule has 1 aromatic rings. The molecule has 0 aliphatic rings. The molecule has 2 N–H and O–H groups in total. The summed E-state index contributed by atoms with van der Waals surface area (Å²) in [6.45, 7) is 8.81. The highest BCUT2D eigenvalue weighted by molar-refractivity contribution is 7.89. The Kier molecular flexibility index (Phi) is 6.72. The number of carbonyl (C=O) groups is 1. The molecule has 0 bridgehead atoms. The van der Waals surface area contributed by atoms with Crippen molar-refractivity contribution in [2.24, 2.45) is 5.41 Å². The molecule has 146 valence electrons. The second kappa shape index (κ2) is 8.00. The van der Waals surface area contributed by atoms with Crippen LogP contribution in [0.5, 0.6) is 0 Å². The van der Waals surface area contributed by atoms with Gasteiger partial charge in [0.25, 0.3) is 5.69 Å². The maximum Gasteiger partial charge on any atom is 0.407 e. The number of nitrogens with one attached hydrogen (secondary N) is 2. The summed E-state index contributed by atoms with van der Waals surface area (Å²) in [4.78, 5) is 21.6. The number of hydrogen-bond donors (Lipinski definition) is 2. The summed E-state index contributed by atoms with van der Waals surface area (Å²) >= 11 is 0. The lowest BCUT2D eigenvalue weighted by molar-refractivity contribution is -0.387. The van der Waals surface area contributed by atoms with Crippen LogP contribution in [0, 0.1) is 15.5 Å². The van der Waals surface area contributed by atoms with E-state index >= 15 is 0 Å². The molecular formula is C16H25N3O6S. The van der Waals surface area contributed by atoms with Crippen LogP contribution in [0.15, 0.2) is 29.2 Å². The highest BCUT2D eigenvalue weighted by atomic mass is 32.2. The van der Waals surface area contributed by atoms with Gasteiger partial charge in [-0.25, -0.2) is 17.9 Å². The molecule has 10 heteroatoms. The van der Waals surface area contributed by atoms with Crippen LogP contribution < -0.4 is 10.0 Å². The predicted molar refractivity (Wildman–Crippen MR) is 96.3 cm³/mol. The minimum Gasteiger partial charge on any atom is -0.444 e. The van der Waals surface area contributed by atoms with Crippen LogP contribution in [-0.4, -0.2) is 38.1 Å². The van der Waals surface area contributed by atoms with Crippen LogP contribution in [0.25, 0.3) is 0 Å². The van der Waals surface area contributed by atoms with Crippen LogP contribution >= 0.6 is 0 Å². The molecule has 1 aromatic carbocycles. The first-order valence-corrected chi connectivity index (χ1v) is 9.42. The molecule has 0 saturated carbocycles. The van der Waals surface area contributed by atoms with E-state index in [1.165, 1.54) is 18.2 Å². The van der Waals surface area contributed by atoms with E-state index in [1.807, 2.05) is 0 Å². The Morgan fingerprint density at radius 1 is 1.15 bits per heavy atom. The number of benzene rings is 1. The number of alkyl carbamates (subject to hydrolysis) is 1. The van der Waals surface area contributed by atoms with E-state index in [0.717, 1.165) is 6.07 Å². The summed E-state index contributed by atoms with van der Waals surface area (Å²) in [5.41, 5.74) is -1.78. The number of sulfonamides is 1. The number of nitro groups is 1. The highest BCUT2D eigenvalue weighted by Crippen LogP contribution is 2.23. The normalized spacial score (nSPS) is 12.5. The fourth-order valence-electron chi connectivity index (χ4n) is 1.89. The molecule has 1 amide bonds. The second-order valence-electron chi connectivity index (χ2n) is 7.57. The molecule has 0 unspecified atom stereocenters. The maximum absolute atomic E-state index is 12.4. The van der Waals surface area contributed by atoms with Gasteiger partial charge < -0.3 is 10.1 Å². The number of hydrogen-bond acceptors (Lipinski definition) is 6. The van der Waals surface area contributed by atoms with Gasteiger partial charge in [-0.2, -0.15) is 0 Å². The first kappa shape index (κ1) is 21.8. The van der Waals surface area contributed by atoms with Gasteiger partial charge >= 0.3 is 6.09 Å². The zero-order valence-corrected chi connectivity index (χ0v) is 16.3. The van der Waals surface area contributed by atoms with Crippen LogP contribution in [0.1, 0.15) is 34.6 Å². The first-order chi connectivity index (χ1) is 11.7. The quantitative estimate of drug-likeness (QED) is 0.546. The van der Waals surface area contributed by atoms with E-state index in [0.29, 0.717) is 0 Å². The van der Waals surface area contributed by atoms with Gasteiger partial charge in [0.15, 0.2) is 4.90 Å². The number of nitro benzene ring substituents is 1. The van der Waals surface area contributed by atoms with Crippen molar-refractivity contribution in [1.82, 2.24) is 10.0 Å². The van der Waals surface area contributed by atoms with Crippen molar-refractivity contribution in [3.05, 3.63) is 34.4 Å². The van der Waals surface area contributed by atoms with Crippen molar-refractivity contribution in [1.29, 1.82) is 0 Å². The van der Waals surface area contributed by atoms with E-state index in [-0.39, 0.29) is 13.1 Å². The zero-order chi connectivity index (χ0) is 20.2. The average molecular weight is 387 g/mol. The molecule has 0 heterocycles. The molecule has 0 aliphatic heterocycles. The Balaban J connectivity index is 2.75. The van der Waals surface area contributed by atoms with Crippen molar-refractivity contribution >= 4 is 21.8 Å². The molecule has 26 heavy (non-hydrogen) atoms. The summed E-state index contributed by atoms with van der Waals surface area (Å²) in [5.74, 6) is 0. The number of ether oxygens (including phenoxy) is 1. The van der Waals surface area contributed by atoms with Gasteiger partial charge in [0, 0.05) is 19.2 Å². The van der Waals surface area contributed by atoms with Crippen molar-refractivity contribution in [3.63, 3.8) is 0 Å². The smallest absolute Gasteiger partial charge is 0.407 e. The Labute approximate surface area is 153 Å². The van der Waals surface area contributed by atoms with Crippen LogP contribution in [-0.2, 0) is 14.8 Å². The molecule has 0 radical (unpaired) electrons. The minimum atomic E-state index is -4.07. The van der Waals surface area contributed by atoms with Crippen molar-refractivity contribution in [2.75, 3.05) is 13.1 Å². The van der Waals surface area contributed by atoms with Gasteiger partial charge in [-0.15, -0.1) is 0 Å². The summed E-state index contributed by atoms with van der Waals surface area (Å²) in [5, 5.41) is 13.6. The van der Waals surface area contributed by atoms with Crippen molar-refractivity contribution in [3.8, 4) is 0 Å². The third kappa shape index (κ3) is 6.96. The molecule has 0 fully saturated rings. The molecular weight excluding hydrogens is 362 g/mol. The number of amides is 1. The molecule has 1 rings (SSSR count). The lowest BCUT2D eigenvalue weighted by Gasteiger charge is -2.26. The number of carbonyl (C=O) groups excluding carboxylic acids is 1. The Bertz CT molecular complexity index is 768. The molecule has 0 spiro atoms. The Morgan fingerprint density at radius 3 is 2.27 bits per heavy atom. The molecule has 9 nitrogen and oxygen atoms in total. The van der Waals surface area contributed by atoms with Gasteiger partial charge in [0.1, 0.15) is 5.60 Å². The van der Waals surface area contributed by atoms with Gasteiger partial charge in [0.2, 0.25) is 10.0 Å². The van der Waals surface area contributed by atoms with Crippen LogP contribution in [0.4, 0.5) is 10.5 Å². The zero-order valence-electron chi connectivity index (χ0n) is 15.5. The lowest BCUT2D eigenvalue weighted by Crippen LogP contribution is -2.43. The van der Waals surface area contributed by atoms with Gasteiger partial charge in [0.05, 0.1) is 4.92 Å².